The van der Waals surface area contributed by atoms with Crippen LogP contribution in [0.5, 0.6) is 0 Å². The third-order valence-corrected chi connectivity index (χ3v) is 3.19. The number of imidazole rings is 1. The van der Waals surface area contributed by atoms with E-state index < -0.39 is 0 Å². The second-order valence-electron chi connectivity index (χ2n) is 3.22. The number of aromatic nitrogens is 4. The molecule has 0 saturated carbocycles. The van der Waals surface area contributed by atoms with Gasteiger partial charge in [-0.15, -0.1) is 0 Å². The van der Waals surface area contributed by atoms with Gasteiger partial charge in [-0.05, 0) is 11.8 Å². The Bertz CT molecular complexity index is 497. The Morgan fingerprint density at radius 2 is 2.25 bits per heavy atom. The van der Waals surface area contributed by atoms with E-state index in [-0.39, 0.29) is 0 Å². The van der Waals surface area contributed by atoms with Crippen LogP contribution in [0.4, 0.5) is 0 Å². The van der Waals surface area contributed by atoms with E-state index in [1.165, 1.54) is 11.8 Å². The molecule has 2 aromatic rings. The van der Waals surface area contributed by atoms with Gasteiger partial charge in [-0.1, -0.05) is 18.5 Å². The molecule has 2 aromatic heterocycles. The van der Waals surface area contributed by atoms with Crippen LogP contribution >= 0.6 is 23.4 Å². The molecular formula is C10H11ClN4S. The van der Waals surface area contributed by atoms with Crippen molar-refractivity contribution in [2.45, 2.75) is 23.5 Å². The number of nitrogens with zero attached hydrogens (tertiary/aromatic N) is 4. The summed E-state index contributed by atoms with van der Waals surface area (Å²) in [6.45, 7) is 2.00. The number of hydrogen-bond acceptors (Lipinski definition) is 4. The van der Waals surface area contributed by atoms with E-state index in [4.69, 9.17) is 11.6 Å². The van der Waals surface area contributed by atoms with Crippen molar-refractivity contribution in [3.05, 3.63) is 29.4 Å². The molecule has 0 aliphatic rings. The van der Waals surface area contributed by atoms with E-state index in [1.807, 2.05) is 24.7 Å². The Kier molecular flexibility index (Phi) is 3.46. The van der Waals surface area contributed by atoms with Crippen LogP contribution in [0.1, 0.15) is 12.7 Å². The lowest BCUT2D eigenvalue weighted by molar-refractivity contribution is 0.786. The lowest BCUT2D eigenvalue weighted by Gasteiger charge is -2.03. The average molecular weight is 255 g/mol. The Hall–Kier alpha value is -1.07. The fourth-order valence-electron chi connectivity index (χ4n) is 1.20. The zero-order valence-electron chi connectivity index (χ0n) is 9.01. The molecule has 0 aromatic carbocycles. The van der Waals surface area contributed by atoms with Gasteiger partial charge in [0.25, 0.3) is 0 Å². The molecule has 0 fully saturated rings. The highest BCUT2D eigenvalue weighted by Gasteiger charge is 2.06. The van der Waals surface area contributed by atoms with Crippen molar-refractivity contribution >= 4 is 23.4 Å². The standard InChI is InChI=1S/C10H11ClN4S/c1-3-8-13-7(11)6-9(14-8)16-10-12-4-5-15(10)2/h4-6H,3H2,1-2H3. The summed E-state index contributed by atoms with van der Waals surface area (Å²) in [6.07, 6.45) is 4.42. The molecule has 0 radical (unpaired) electrons. The third-order valence-electron chi connectivity index (χ3n) is 2.01. The van der Waals surface area contributed by atoms with Crippen molar-refractivity contribution < 1.29 is 0 Å². The quantitative estimate of drug-likeness (QED) is 0.790. The van der Waals surface area contributed by atoms with E-state index in [0.29, 0.717) is 5.15 Å². The Morgan fingerprint density at radius 3 is 2.88 bits per heavy atom. The minimum absolute atomic E-state index is 0.476. The molecule has 16 heavy (non-hydrogen) atoms. The minimum Gasteiger partial charge on any atom is -0.329 e. The summed E-state index contributed by atoms with van der Waals surface area (Å²) in [5.41, 5.74) is 0. The molecule has 0 aliphatic carbocycles. The molecule has 0 aliphatic heterocycles. The van der Waals surface area contributed by atoms with Crippen LogP contribution in [0.3, 0.4) is 0 Å². The van der Waals surface area contributed by atoms with Crippen molar-refractivity contribution in [2.75, 3.05) is 0 Å². The number of aryl methyl sites for hydroxylation is 2. The maximum absolute atomic E-state index is 5.92. The molecule has 0 amide bonds. The van der Waals surface area contributed by atoms with Crippen LogP contribution in [0, 0.1) is 0 Å². The van der Waals surface area contributed by atoms with Gasteiger partial charge in [-0.2, -0.15) is 0 Å². The van der Waals surface area contributed by atoms with E-state index >= 15 is 0 Å². The lowest BCUT2D eigenvalue weighted by atomic mass is 10.4. The summed E-state index contributed by atoms with van der Waals surface area (Å²) in [4.78, 5) is 12.7. The first-order valence-electron chi connectivity index (χ1n) is 4.87. The first kappa shape index (κ1) is 11.4. The van der Waals surface area contributed by atoms with Crippen LogP contribution in [0.15, 0.2) is 28.6 Å². The topological polar surface area (TPSA) is 43.6 Å². The smallest absolute Gasteiger partial charge is 0.174 e. The molecular weight excluding hydrogens is 244 g/mol. The summed E-state index contributed by atoms with van der Waals surface area (Å²) in [5, 5.41) is 2.19. The second kappa shape index (κ2) is 4.84. The number of hydrogen-bond donors (Lipinski definition) is 0. The van der Waals surface area contributed by atoms with Crippen LogP contribution < -0.4 is 0 Å². The number of halogens is 1. The Labute approximate surface area is 103 Å². The SMILES string of the molecule is CCc1nc(Cl)cc(Sc2nccn2C)n1. The third kappa shape index (κ3) is 2.54. The normalized spacial score (nSPS) is 10.7. The maximum atomic E-state index is 5.92. The second-order valence-corrected chi connectivity index (χ2v) is 4.60. The van der Waals surface area contributed by atoms with Gasteiger partial charge in [0, 0.05) is 31.9 Å². The first-order chi connectivity index (χ1) is 7.69. The summed E-state index contributed by atoms with van der Waals surface area (Å²) in [5.74, 6) is 0.754. The molecule has 0 atom stereocenters. The average Bonchev–Trinajstić information content (AvgIpc) is 2.63. The van der Waals surface area contributed by atoms with Gasteiger partial charge in [-0.25, -0.2) is 15.0 Å². The van der Waals surface area contributed by atoms with Crippen LogP contribution in [-0.2, 0) is 13.5 Å². The minimum atomic E-state index is 0.476. The van der Waals surface area contributed by atoms with E-state index in [2.05, 4.69) is 15.0 Å². The molecule has 2 heterocycles. The van der Waals surface area contributed by atoms with Gasteiger partial charge in [-0.3, -0.25) is 0 Å². The molecule has 0 saturated heterocycles. The van der Waals surface area contributed by atoms with Gasteiger partial charge in [0.05, 0.1) is 0 Å². The molecule has 0 spiro atoms. The van der Waals surface area contributed by atoms with Crippen molar-refractivity contribution in [1.82, 2.24) is 19.5 Å². The summed E-state index contributed by atoms with van der Waals surface area (Å²) < 4.78 is 1.94. The van der Waals surface area contributed by atoms with Gasteiger partial charge in [0.1, 0.15) is 16.0 Å². The van der Waals surface area contributed by atoms with E-state index in [1.54, 1.807) is 12.3 Å². The highest BCUT2D eigenvalue weighted by atomic mass is 35.5. The molecule has 2 rings (SSSR count). The molecule has 0 N–H and O–H groups in total. The largest absolute Gasteiger partial charge is 0.329 e. The van der Waals surface area contributed by atoms with Gasteiger partial charge < -0.3 is 4.57 Å². The molecule has 4 nitrogen and oxygen atoms in total. The monoisotopic (exact) mass is 254 g/mol. The zero-order valence-corrected chi connectivity index (χ0v) is 10.6. The van der Waals surface area contributed by atoms with Crippen LogP contribution in [0.25, 0.3) is 0 Å². The molecule has 0 bridgehead atoms. The highest BCUT2D eigenvalue weighted by Crippen LogP contribution is 2.25. The van der Waals surface area contributed by atoms with E-state index in [9.17, 15) is 0 Å². The predicted molar refractivity (Wildman–Crippen MR) is 63.8 cm³/mol. The molecule has 0 unspecified atom stereocenters. The van der Waals surface area contributed by atoms with Crippen molar-refractivity contribution in [1.29, 1.82) is 0 Å². The van der Waals surface area contributed by atoms with E-state index in [0.717, 1.165) is 22.4 Å². The fraction of sp³-hybridized carbons (Fsp3) is 0.300. The first-order valence-corrected chi connectivity index (χ1v) is 6.07. The highest BCUT2D eigenvalue weighted by molar-refractivity contribution is 7.99. The molecule has 84 valence electrons. The lowest BCUT2D eigenvalue weighted by Crippen LogP contribution is -1.96. The van der Waals surface area contributed by atoms with Gasteiger partial charge >= 0.3 is 0 Å². The van der Waals surface area contributed by atoms with Crippen LogP contribution in [0.2, 0.25) is 5.15 Å². The summed E-state index contributed by atoms with van der Waals surface area (Å²) in [6, 6.07) is 1.75. The summed E-state index contributed by atoms with van der Waals surface area (Å²) >= 11 is 7.40. The van der Waals surface area contributed by atoms with Gasteiger partial charge in [0.15, 0.2) is 5.16 Å². The predicted octanol–water partition coefficient (Wildman–Crippen LogP) is 2.58. The van der Waals surface area contributed by atoms with Crippen molar-refractivity contribution in [3.8, 4) is 0 Å². The Balaban J connectivity index is 2.28. The molecule has 6 heteroatoms. The van der Waals surface area contributed by atoms with Gasteiger partial charge in [0.2, 0.25) is 0 Å². The number of rotatable bonds is 3. The Morgan fingerprint density at radius 1 is 1.44 bits per heavy atom. The maximum Gasteiger partial charge on any atom is 0.174 e. The summed E-state index contributed by atoms with van der Waals surface area (Å²) in [7, 11) is 1.94. The zero-order chi connectivity index (χ0) is 11.5. The van der Waals surface area contributed by atoms with Crippen molar-refractivity contribution in [2.24, 2.45) is 7.05 Å². The van der Waals surface area contributed by atoms with Crippen LogP contribution in [-0.4, -0.2) is 19.5 Å². The fourth-order valence-corrected chi connectivity index (χ4v) is 2.29. The van der Waals surface area contributed by atoms with Crippen molar-refractivity contribution in [3.63, 3.8) is 0 Å².